The number of hydrogen-bond acceptors (Lipinski definition) is 6. The molecular weight excluding hydrogens is 340 g/mol. The molecule has 1 unspecified atom stereocenters. The Morgan fingerprint density at radius 1 is 1.20 bits per heavy atom. The topological polar surface area (TPSA) is 92.3 Å². The molecule has 2 aromatic rings. The third-order valence-electron chi connectivity index (χ3n) is 4.20. The molecule has 0 aliphatic carbocycles. The van der Waals surface area contributed by atoms with E-state index in [0.29, 0.717) is 24.5 Å². The summed E-state index contributed by atoms with van der Waals surface area (Å²) in [4.78, 5) is 14.1. The summed E-state index contributed by atoms with van der Waals surface area (Å²) in [6.07, 6.45) is 0.591. The summed E-state index contributed by atoms with van der Waals surface area (Å²) in [5.41, 5.74) is 0.896. The van der Waals surface area contributed by atoms with Crippen LogP contribution in [0.1, 0.15) is 23.8 Å². The molecular formula is C17H20N4O3S. The van der Waals surface area contributed by atoms with Crippen LogP contribution >= 0.6 is 0 Å². The van der Waals surface area contributed by atoms with E-state index in [1.54, 1.807) is 24.3 Å². The van der Waals surface area contributed by atoms with Crippen molar-refractivity contribution in [2.24, 2.45) is 0 Å². The van der Waals surface area contributed by atoms with Crippen molar-refractivity contribution in [1.29, 1.82) is 0 Å². The lowest BCUT2D eigenvalue weighted by Gasteiger charge is -2.27. The van der Waals surface area contributed by atoms with Crippen LogP contribution in [0, 0.1) is 0 Å². The first-order valence-corrected chi connectivity index (χ1v) is 9.98. The first-order valence-electron chi connectivity index (χ1n) is 8.16. The van der Waals surface area contributed by atoms with Gasteiger partial charge in [0.1, 0.15) is 0 Å². The van der Waals surface area contributed by atoms with Gasteiger partial charge in [0.2, 0.25) is 0 Å². The lowest BCUT2D eigenvalue weighted by Crippen LogP contribution is -2.37. The summed E-state index contributed by atoms with van der Waals surface area (Å²) in [5.74, 6) is 0.593. The lowest BCUT2D eigenvalue weighted by molar-refractivity contribution is 0.102. The minimum atomic E-state index is -2.97. The first-order chi connectivity index (χ1) is 12.0. The van der Waals surface area contributed by atoms with E-state index < -0.39 is 9.84 Å². The highest BCUT2D eigenvalue weighted by atomic mass is 32.2. The van der Waals surface area contributed by atoms with Gasteiger partial charge in [0.05, 0.1) is 11.5 Å². The first kappa shape index (κ1) is 17.3. The zero-order valence-corrected chi connectivity index (χ0v) is 14.7. The Morgan fingerprint density at radius 2 is 1.96 bits per heavy atom. The van der Waals surface area contributed by atoms with Crippen LogP contribution in [-0.2, 0) is 9.84 Å². The fourth-order valence-electron chi connectivity index (χ4n) is 2.94. The molecule has 0 bridgehead atoms. The number of nitrogens with one attached hydrogen (secondary N) is 1. The van der Waals surface area contributed by atoms with Crippen LogP contribution in [0.5, 0.6) is 0 Å². The number of nitrogens with zero attached hydrogens (tertiary/aromatic N) is 3. The molecule has 2 heterocycles. The van der Waals surface area contributed by atoms with Gasteiger partial charge in [-0.1, -0.05) is 18.2 Å². The number of anilines is 2. The zero-order valence-electron chi connectivity index (χ0n) is 13.9. The van der Waals surface area contributed by atoms with Gasteiger partial charge < -0.3 is 10.2 Å². The van der Waals surface area contributed by atoms with Gasteiger partial charge in [-0.25, -0.2) is 8.42 Å². The summed E-state index contributed by atoms with van der Waals surface area (Å²) < 4.78 is 23.4. The molecule has 8 heteroatoms. The predicted molar refractivity (Wildman–Crippen MR) is 96.5 cm³/mol. The minimum Gasteiger partial charge on any atom is -0.351 e. The number of aromatic nitrogens is 2. The quantitative estimate of drug-likeness (QED) is 0.873. The smallest absolute Gasteiger partial charge is 0.276 e. The molecule has 0 radical (unpaired) electrons. The van der Waals surface area contributed by atoms with E-state index in [2.05, 4.69) is 15.5 Å². The fraction of sp³-hybridized carbons (Fsp3) is 0.353. The van der Waals surface area contributed by atoms with Gasteiger partial charge in [-0.15, -0.1) is 10.2 Å². The summed E-state index contributed by atoms with van der Waals surface area (Å²) in [7, 11) is -2.97. The lowest BCUT2D eigenvalue weighted by atomic mass is 10.2. The molecule has 3 rings (SSSR count). The van der Waals surface area contributed by atoms with E-state index in [1.807, 2.05) is 30.0 Å². The number of carbonyl (C=O) groups excluding carboxylic acids is 1. The van der Waals surface area contributed by atoms with Crippen LogP contribution in [0.3, 0.4) is 0 Å². The third kappa shape index (κ3) is 4.14. The fourth-order valence-corrected chi connectivity index (χ4v) is 4.68. The molecule has 7 nitrogen and oxygen atoms in total. The molecule has 0 spiro atoms. The van der Waals surface area contributed by atoms with Crippen molar-refractivity contribution in [3.63, 3.8) is 0 Å². The van der Waals surface area contributed by atoms with E-state index >= 15 is 0 Å². The Balaban J connectivity index is 1.71. The summed E-state index contributed by atoms with van der Waals surface area (Å²) in [6.45, 7) is 2.58. The summed E-state index contributed by atoms with van der Waals surface area (Å²) in [5, 5.41) is 10.9. The van der Waals surface area contributed by atoms with Gasteiger partial charge in [-0.3, -0.25) is 4.79 Å². The van der Waals surface area contributed by atoms with Gasteiger partial charge in [0.15, 0.2) is 21.3 Å². The molecule has 1 amide bonds. The van der Waals surface area contributed by atoms with Crippen LogP contribution in [0.2, 0.25) is 0 Å². The van der Waals surface area contributed by atoms with Gasteiger partial charge in [0.25, 0.3) is 5.91 Å². The minimum absolute atomic E-state index is 0.0895. The zero-order chi connectivity index (χ0) is 17.9. The maximum Gasteiger partial charge on any atom is 0.276 e. The molecule has 1 atom stereocenters. The summed E-state index contributed by atoms with van der Waals surface area (Å²) >= 11 is 0. The van der Waals surface area contributed by atoms with Crippen molar-refractivity contribution in [2.45, 2.75) is 19.4 Å². The second-order valence-electron chi connectivity index (χ2n) is 5.94. The molecule has 132 valence electrons. The third-order valence-corrected chi connectivity index (χ3v) is 5.95. The van der Waals surface area contributed by atoms with E-state index in [-0.39, 0.29) is 29.1 Å². The second-order valence-corrected chi connectivity index (χ2v) is 8.17. The van der Waals surface area contributed by atoms with Crippen LogP contribution < -0.4 is 10.2 Å². The summed E-state index contributed by atoms with van der Waals surface area (Å²) in [6, 6.07) is 12.3. The average molecular weight is 360 g/mol. The largest absolute Gasteiger partial charge is 0.351 e. The number of hydrogen-bond donors (Lipinski definition) is 1. The number of rotatable bonds is 5. The number of carbonyl (C=O) groups is 1. The van der Waals surface area contributed by atoms with Gasteiger partial charge in [-0.2, -0.15) is 0 Å². The van der Waals surface area contributed by atoms with Crippen LogP contribution in [0.15, 0.2) is 42.5 Å². The highest BCUT2D eigenvalue weighted by Crippen LogP contribution is 2.22. The maximum absolute atomic E-state index is 12.2. The molecule has 25 heavy (non-hydrogen) atoms. The van der Waals surface area contributed by atoms with Crippen molar-refractivity contribution >= 4 is 27.2 Å². The number of sulfone groups is 1. The second kappa shape index (κ2) is 7.18. The Bertz CT molecular complexity index is 838. The number of para-hydroxylation sites is 1. The molecule has 1 N–H and O–H groups in total. The van der Waals surface area contributed by atoms with Crippen molar-refractivity contribution < 1.29 is 13.2 Å². The SMILES string of the molecule is CCN(c1ccc(C(=O)Nc2ccccc2)nn1)C1CCS(=O)(=O)C1. The Hall–Kier alpha value is -2.48. The molecule has 1 aromatic carbocycles. The monoisotopic (exact) mass is 360 g/mol. The van der Waals surface area contributed by atoms with Crippen LogP contribution in [0.4, 0.5) is 11.5 Å². The van der Waals surface area contributed by atoms with Crippen LogP contribution in [-0.4, -0.2) is 48.6 Å². The van der Waals surface area contributed by atoms with E-state index in [0.717, 1.165) is 0 Å². The number of benzene rings is 1. The molecule has 1 aliphatic rings. The highest BCUT2D eigenvalue weighted by molar-refractivity contribution is 7.91. The van der Waals surface area contributed by atoms with E-state index in [9.17, 15) is 13.2 Å². The maximum atomic E-state index is 12.2. The predicted octanol–water partition coefficient (Wildman–Crippen LogP) is 1.74. The number of amides is 1. The molecule has 0 saturated carbocycles. The molecule has 1 aromatic heterocycles. The van der Waals surface area contributed by atoms with Crippen molar-refractivity contribution in [3.05, 3.63) is 48.2 Å². The van der Waals surface area contributed by atoms with Gasteiger partial charge in [0, 0.05) is 18.3 Å². The highest BCUT2D eigenvalue weighted by Gasteiger charge is 2.32. The Morgan fingerprint density at radius 3 is 2.52 bits per heavy atom. The van der Waals surface area contributed by atoms with Crippen molar-refractivity contribution in [2.75, 3.05) is 28.3 Å². The Labute approximate surface area is 147 Å². The van der Waals surface area contributed by atoms with Crippen molar-refractivity contribution in [1.82, 2.24) is 10.2 Å². The molecule has 1 saturated heterocycles. The van der Waals surface area contributed by atoms with Gasteiger partial charge in [-0.05, 0) is 37.6 Å². The van der Waals surface area contributed by atoms with Crippen LogP contribution in [0.25, 0.3) is 0 Å². The molecule has 1 aliphatic heterocycles. The van der Waals surface area contributed by atoms with E-state index in [1.165, 1.54) is 0 Å². The molecule has 1 fully saturated rings. The standard InChI is InChI=1S/C17H20N4O3S/c1-2-21(14-10-11-25(23,24)12-14)16-9-8-15(19-20-16)17(22)18-13-6-4-3-5-7-13/h3-9,14H,2,10-12H2,1H3,(H,18,22). The Kier molecular flexibility index (Phi) is 4.98. The van der Waals surface area contributed by atoms with Gasteiger partial charge >= 0.3 is 0 Å². The van der Waals surface area contributed by atoms with Crippen molar-refractivity contribution in [3.8, 4) is 0 Å². The normalized spacial score (nSPS) is 18.7. The average Bonchev–Trinajstić information content (AvgIpc) is 2.97. The van der Waals surface area contributed by atoms with E-state index in [4.69, 9.17) is 0 Å².